The van der Waals surface area contributed by atoms with Gasteiger partial charge in [0.2, 0.25) is 5.41 Å². The highest BCUT2D eigenvalue weighted by molar-refractivity contribution is 6.09. The van der Waals surface area contributed by atoms with Crippen molar-refractivity contribution in [3.8, 4) is 0 Å². The number of hydrogen-bond donors (Lipinski definition) is 0. The molecule has 3 atom stereocenters. The minimum Gasteiger partial charge on any atom is -0.468 e. The van der Waals surface area contributed by atoms with Crippen LogP contribution in [-0.2, 0) is 28.6 Å². The van der Waals surface area contributed by atoms with Gasteiger partial charge in [-0.1, -0.05) is 6.92 Å². The third kappa shape index (κ3) is 0.947. The molecule has 1 heterocycles. The Morgan fingerprint density at radius 2 is 1.65 bits per heavy atom. The molecule has 6 nitrogen and oxygen atoms in total. The predicted octanol–water partition coefficient (Wildman–Crippen LogP) is -0.0998. The number of ether oxygens (including phenoxy) is 3. The van der Waals surface area contributed by atoms with Gasteiger partial charge in [0.05, 0.1) is 20.1 Å². The molecule has 1 saturated carbocycles. The summed E-state index contributed by atoms with van der Waals surface area (Å²) in [6.07, 6.45) is 0. The highest BCUT2D eigenvalue weighted by atomic mass is 16.6. The second-order valence-corrected chi connectivity index (χ2v) is 4.45. The van der Waals surface area contributed by atoms with E-state index in [1.54, 1.807) is 13.8 Å². The van der Waals surface area contributed by atoms with Crippen molar-refractivity contribution in [2.24, 2.45) is 17.3 Å². The van der Waals surface area contributed by atoms with Gasteiger partial charge in [-0.15, -0.1) is 0 Å². The number of rotatable bonds is 2. The quantitative estimate of drug-likeness (QED) is 0.382. The molecule has 6 heteroatoms. The van der Waals surface area contributed by atoms with E-state index in [4.69, 9.17) is 4.74 Å². The van der Waals surface area contributed by atoms with Gasteiger partial charge in [-0.05, 0) is 6.92 Å². The van der Waals surface area contributed by atoms with Crippen molar-refractivity contribution < 1.29 is 28.6 Å². The van der Waals surface area contributed by atoms with E-state index < -0.39 is 40.8 Å². The standard InChI is InChI=1S/C11H14O6/c1-5-7(12)17-11(5)6(2)10(11,8(13)15-3)9(14)16-4/h5-6H,1-4H3/t5-,6-,11+/m1/s1. The molecular formula is C11H14O6. The first-order valence-corrected chi connectivity index (χ1v) is 5.30. The Morgan fingerprint density at radius 1 is 1.18 bits per heavy atom. The second-order valence-electron chi connectivity index (χ2n) is 4.45. The van der Waals surface area contributed by atoms with Gasteiger partial charge < -0.3 is 14.2 Å². The summed E-state index contributed by atoms with van der Waals surface area (Å²) in [6, 6.07) is 0. The smallest absolute Gasteiger partial charge is 0.327 e. The summed E-state index contributed by atoms with van der Waals surface area (Å²) >= 11 is 0. The number of methoxy groups -OCH3 is 2. The van der Waals surface area contributed by atoms with E-state index in [1.807, 2.05) is 0 Å². The minimum atomic E-state index is -1.50. The zero-order valence-electron chi connectivity index (χ0n) is 10.1. The van der Waals surface area contributed by atoms with Crippen molar-refractivity contribution in [2.45, 2.75) is 19.4 Å². The molecule has 0 N–H and O–H groups in total. The van der Waals surface area contributed by atoms with E-state index in [-0.39, 0.29) is 0 Å². The largest absolute Gasteiger partial charge is 0.468 e. The molecule has 94 valence electrons. The number of hydrogen-bond acceptors (Lipinski definition) is 6. The van der Waals surface area contributed by atoms with Gasteiger partial charge >= 0.3 is 17.9 Å². The Balaban J connectivity index is 2.43. The van der Waals surface area contributed by atoms with Crippen molar-refractivity contribution in [1.29, 1.82) is 0 Å². The van der Waals surface area contributed by atoms with E-state index >= 15 is 0 Å². The summed E-state index contributed by atoms with van der Waals surface area (Å²) in [4.78, 5) is 34.9. The van der Waals surface area contributed by atoms with Crippen LogP contribution in [0.3, 0.4) is 0 Å². The first-order valence-electron chi connectivity index (χ1n) is 5.30. The van der Waals surface area contributed by atoms with Crippen molar-refractivity contribution in [1.82, 2.24) is 0 Å². The van der Waals surface area contributed by atoms with Crippen LogP contribution in [-0.4, -0.2) is 37.7 Å². The fraction of sp³-hybridized carbons (Fsp3) is 0.727. The first-order chi connectivity index (χ1) is 7.91. The topological polar surface area (TPSA) is 78.9 Å². The van der Waals surface area contributed by atoms with Gasteiger partial charge in [-0.25, -0.2) is 0 Å². The maximum atomic E-state index is 11.9. The molecule has 2 aliphatic rings. The molecule has 0 aromatic rings. The van der Waals surface area contributed by atoms with Crippen LogP contribution in [0.25, 0.3) is 0 Å². The normalized spacial score (nSPS) is 36.8. The maximum absolute atomic E-state index is 11.9. The molecule has 0 unspecified atom stereocenters. The maximum Gasteiger partial charge on any atom is 0.327 e. The molecule has 1 saturated heterocycles. The Labute approximate surface area is 98.2 Å². The number of carbonyl (C=O) groups excluding carboxylic acids is 3. The lowest BCUT2D eigenvalue weighted by molar-refractivity contribution is -0.201. The highest BCUT2D eigenvalue weighted by Gasteiger charge is 2.93. The Kier molecular flexibility index (Phi) is 2.24. The van der Waals surface area contributed by atoms with Gasteiger partial charge in [-0.2, -0.15) is 0 Å². The van der Waals surface area contributed by atoms with Crippen LogP contribution in [0.1, 0.15) is 13.8 Å². The molecule has 0 amide bonds. The zero-order chi connectivity index (χ0) is 13.0. The molecular weight excluding hydrogens is 228 g/mol. The molecule has 2 fully saturated rings. The van der Waals surface area contributed by atoms with E-state index in [2.05, 4.69) is 9.47 Å². The van der Waals surface area contributed by atoms with Crippen LogP contribution >= 0.6 is 0 Å². The van der Waals surface area contributed by atoms with E-state index in [9.17, 15) is 14.4 Å². The number of carbonyl (C=O) groups is 3. The summed E-state index contributed by atoms with van der Waals surface area (Å²) in [5.41, 5.74) is -2.58. The van der Waals surface area contributed by atoms with E-state index in [1.165, 1.54) is 14.2 Å². The summed E-state index contributed by atoms with van der Waals surface area (Å²) in [7, 11) is 2.38. The first kappa shape index (κ1) is 11.9. The Bertz CT molecular complexity index is 398. The lowest BCUT2D eigenvalue weighted by atomic mass is 9.87. The van der Waals surface area contributed by atoms with Crippen LogP contribution in [0.4, 0.5) is 0 Å². The summed E-state index contributed by atoms with van der Waals surface area (Å²) < 4.78 is 14.4. The molecule has 0 radical (unpaired) electrons. The third-order valence-corrected chi connectivity index (χ3v) is 4.11. The molecule has 1 aliphatic carbocycles. The average Bonchev–Trinajstić information content (AvgIpc) is 2.91. The lowest BCUT2D eigenvalue weighted by Crippen LogP contribution is -2.54. The van der Waals surface area contributed by atoms with Crippen LogP contribution in [0.2, 0.25) is 0 Å². The Hall–Kier alpha value is -1.59. The van der Waals surface area contributed by atoms with Crippen molar-refractivity contribution in [3.05, 3.63) is 0 Å². The van der Waals surface area contributed by atoms with Gasteiger partial charge in [0, 0.05) is 5.92 Å². The molecule has 17 heavy (non-hydrogen) atoms. The highest BCUT2D eigenvalue weighted by Crippen LogP contribution is 2.72. The van der Waals surface area contributed by atoms with Gasteiger partial charge in [0.15, 0.2) is 5.60 Å². The predicted molar refractivity (Wildman–Crippen MR) is 53.6 cm³/mol. The minimum absolute atomic E-state index is 0.411. The van der Waals surface area contributed by atoms with Crippen molar-refractivity contribution >= 4 is 17.9 Å². The van der Waals surface area contributed by atoms with Gasteiger partial charge in [0.1, 0.15) is 0 Å². The van der Waals surface area contributed by atoms with Crippen molar-refractivity contribution in [2.75, 3.05) is 14.2 Å². The molecule has 1 spiro atoms. The Morgan fingerprint density at radius 3 is 1.94 bits per heavy atom. The zero-order valence-corrected chi connectivity index (χ0v) is 10.1. The third-order valence-electron chi connectivity index (χ3n) is 4.11. The van der Waals surface area contributed by atoms with Gasteiger partial charge in [-0.3, -0.25) is 14.4 Å². The molecule has 0 aromatic carbocycles. The monoisotopic (exact) mass is 242 g/mol. The number of esters is 3. The molecule has 2 rings (SSSR count). The summed E-state index contributed by atoms with van der Waals surface area (Å²) in [5, 5.41) is 0. The second kappa shape index (κ2) is 3.21. The fourth-order valence-electron chi connectivity index (χ4n) is 3.08. The summed E-state index contributed by atoms with van der Waals surface area (Å²) in [6.45, 7) is 3.31. The lowest BCUT2D eigenvalue weighted by Gasteiger charge is -2.36. The van der Waals surface area contributed by atoms with Crippen LogP contribution in [0, 0.1) is 17.3 Å². The van der Waals surface area contributed by atoms with Crippen LogP contribution < -0.4 is 0 Å². The van der Waals surface area contributed by atoms with Crippen LogP contribution in [0.5, 0.6) is 0 Å². The summed E-state index contributed by atoms with van der Waals surface area (Å²) in [5.74, 6) is -2.77. The molecule has 0 aromatic heterocycles. The van der Waals surface area contributed by atoms with Crippen molar-refractivity contribution in [3.63, 3.8) is 0 Å². The molecule has 0 bridgehead atoms. The molecule has 1 aliphatic heterocycles. The van der Waals surface area contributed by atoms with Crippen LogP contribution in [0.15, 0.2) is 0 Å². The van der Waals surface area contributed by atoms with E-state index in [0.717, 1.165) is 0 Å². The SMILES string of the molecule is COC(=O)C1(C(=O)OC)[C@@H](C)[C@]12OC(=O)[C@H]2C. The fourth-order valence-corrected chi connectivity index (χ4v) is 3.08. The average molecular weight is 242 g/mol. The van der Waals surface area contributed by atoms with E-state index in [0.29, 0.717) is 0 Å². The van der Waals surface area contributed by atoms with Gasteiger partial charge in [0.25, 0.3) is 0 Å².